The maximum atomic E-state index is 10.3. The highest BCUT2D eigenvalue weighted by Gasteiger charge is 2.12. The zero-order valence-corrected chi connectivity index (χ0v) is 11.5. The molecule has 0 aliphatic heterocycles. The maximum Gasteiger partial charge on any atom is 0.469 e. The molecule has 18 heavy (non-hydrogen) atoms. The molecular weight excluding hydrogens is 259 g/mol. The maximum absolute atomic E-state index is 10.3. The van der Waals surface area contributed by atoms with Crippen LogP contribution in [0.4, 0.5) is 0 Å². The first-order chi connectivity index (χ1) is 8.42. The lowest BCUT2D eigenvalue weighted by molar-refractivity contribution is -0.137. The molecule has 0 heterocycles. The summed E-state index contributed by atoms with van der Waals surface area (Å²) in [5, 5.41) is 8.43. The molecule has 0 unspecified atom stereocenters. The van der Waals surface area contributed by atoms with Crippen LogP contribution in [0.25, 0.3) is 0 Å². The molecule has 7 heteroatoms. The van der Waals surface area contributed by atoms with Crippen LogP contribution in [0.2, 0.25) is 0 Å². The molecule has 0 atom stereocenters. The average Bonchev–Trinajstić information content (AvgIpc) is 2.24. The Morgan fingerprint density at radius 1 is 0.889 bits per heavy atom. The highest BCUT2D eigenvalue weighted by atomic mass is 31.2. The number of unbranched alkanes of at least 4 members (excludes halogenated alkanes) is 7. The van der Waals surface area contributed by atoms with Gasteiger partial charge in [-0.2, -0.15) is 0 Å². The normalized spacial score (nSPS) is 11.7. The second-order valence-corrected chi connectivity index (χ2v) is 5.54. The minimum atomic E-state index is -4.30. The second-order valence-electron chi connectivity index (χ2n) is 4.30. The summed E-state index contributed by atoms with van der Waals surface area (Å²) in [7, 11) is -4.30. The standard InChI is InChI=1S/C11H23O6P/c12-11(13)9-7-5-3-1-2-4-6-8-10-17-18(14,15)16/h1-10H2,(H,12,13)(H2,14,15,16). The predicted molar refractivity (Wildman–Crippen MR) is 67.2 cm³/mol. The molecule has 0 fully saturated rings. The first kappa shape index (κ1) is 17.6. The fourth-order valence-corrected chi connectivity index (χ4v) is 1.99. The van der Waals surface area contributed by atoms with Gasteiger partial charge in [-0.1, -0.05) is 38.5 Å². The van der Waals surface area contributed by atoms with Crippen molar-refractivity contribution in [2.75, 3.05) is 6.61 Å². The van der Waals surface area contributed by atoms with E-state index in [4.69, 9.17) is 14.9 Å². The van der Waals surface area contributed by atoms with Crippen LogP contribution in [0.5, 0.6) is 0 Å². The van der Waals surface area contributed by atoms with Crippen LogP contribution in [0.15, 0.2) is 0 Å². The Morgan fingerprint density at radius 3 is 1.78 bits per heavy atom. The molecule has 3 N–H and O–H groups in total. The van der Waals surface area contributed by atoms with Crippen molar-refractivity contribution < 1.29 is 28.8 Å². The molecule has 0 aliphatic rings. The molecule has 0 spiro atoms. The van der Waals surface area contributed by atoms with E-state index in [1.54, 1.807) is 0 Å². The summed E-state index contributed by atoms with van der Waals surface area (Å²) >= 11 is 0. The van der Waals surface area contributed by atoms with Gasteiger partial charge in [0, 0.05) is 6.42 Å². The number of carboxylic acid groups (broad SMARTS) is 1. The number of hydrogen-bond acceptors (Lipinski definition) is 3. The number of hydrogen-bond donors (Lipinski definition) is 3. The van der Waals surface area contributed by atoms with Crippen LogP contribution in [0.3, 0.4) is 0 Å². The summed E-state index contributed by atoms with van der Waals surface area (Å²) in [4.78, 5) is 27.1. The molecule has 0 radical (unpaired) electrons. The van der Waals surface area contributed by atoms with Gasteiger partial charge in [-0.15, -0.1) is 0 Å². The molecule has 0 saturated heterocycles. The minimum Gasteiger partial charge on any atom is -0.481 e. The van der Waals surface area contributed by atoms with E-state index >= 15 is 0 Å². The quantitative estimate of drug-likeness (QED) is 0.375. The summed E-state index contributed by atoms with van der Waals surface area (Å²) in [6.45, 7) is 0.100. The van der Waals surface area contributed by atoms with E-state index < -0.39 is 13.8 Å². The van der Waals surface area contributed by atoms with E-state index in [9.17, 15) is 9.36 Å². The monoisotopic (exact) mass is 282 g/mol. The van der Waals surface area contributed by atoms with Crippen molar-refractivity contribution in [2.24, 2.45) is 0 Å². The van der Waals surface area contributed by atoms with Gasteiger partial charge in [0.25, 0.3) is 0 Å². The van der Waals surface area contributed by atoms with Gasteiger partial charge in [0.1, 0.15) is 0 Å². The lowest BCUT2D eigenvalue weighted by Crippen LogP contribution is -1.93. The first-order valence-corrected chi connectivity index (χ1v) is 7.87. The predicted octanol–water partition coefficient (Wildman–Crippen LogP) is 2.69. The van der Waals surface area contributed by atoms with Crippen LogP contribution >= 0.6 is 7.82 Å². The number of phosphoric ester groups is 1. The van der Waals surface area contributed by atoms with Gasteiger partial charge in [-0.05, 0) is 12.8 Å². The van der Waals surface area contributed by atoms with Gasteiger partial charge in [0.05, 0.1) is 6.61 Å². The molecule has 0 rings (SSSR count). The van der Waals surface area contributed by atoms with Crippen molar-refractivity contribution in [1.82, 2.24) is 0 Å². The number of phosphoric acid groups is 1. The molecule has 0 aromatic carbocycles. The third kappa shape index (κ3) is 15.6. The summed E-state index contributed by atoms with van der Waals surface area (Å²) in [6.07, 6.45) is 7.72. The lowest BCUT2D eigenvalue weighted by atomic mass is 10.1. The van der Waals surface area contributed by atoms with Gasteiger partial charge in [0.15, 0.2) is 0 Å². The van der Waals surface area contributed by atoms with E-state index in [2.05, 4.69) is 4.52 Å². The van der Waals surface area contributed by atoms with E-state index in [0.29, 0.717) is 6.42 Å². The third-order valence-electron chi connectivity index (χ3n) is 2.54. The summed E-state index contributed by atoms with van der Waals surface area (Å²) < 4.78 is 14.7. The Hall–Kier alpha value is -0.420. The van der Waals surface area contributed by atoms with E-state index in [1.807, 2.05) is 0 Å². The van der Waals surface area contributed by atoms with E-state index in [-0.39, 0.29) is 13.0 Å². The Morgan fingerprint density at radius 2 is 1.33 bits per heavy atom. The van der Waals surface area contributed by atoms with Gasteiger partial charge >= 0.3 is 13.8 Å². The largest absolute Gasteiger partial charge is 0.481 e. The first-order valence-electron chi connectivity index (χ1n) is 6.34. The van der Waals surface area contributed by atoms with Crippen molar-refractivity contribution in [1.29, 1.82) is 0 Å². The Labute approximate surface area is 108 Å². The fourth-order valence-electron chi connectivity index (χ4n) is 1.62. The molecule has 0 saturated carbocycles. The van der Waals surface area contributed by atoms with Gasteiger partial charge in [-0.25, -0.2) is 4.57 Å². The van der Waals surface area contributed by atoms with E-state index in [0.717, 1.165) is 44.9 Å². The lowest BCUT2D eigenvalue weighted by Gasteiger charge is -2.04. The van der Waals surface area contributed by atoms with Crippen LogP contribution in [0.1, 0.15) is 57.8 Å². The van der Waals surface area contributed by atoms with Crippen LogP contribution in [-0.4, -0.2) is 27.5 Å². The molecule has 0 bridgehead atoms. The smallest absolute Gasteiger partial charge is 0.469 e. The zero-order chi connectivity index (χ0) is 13.9. The van der Waals surface area contributed by atoms with Gasteiger partial charge in [0.2, 0.25) is 0 Å². The Balaban J connectivity index is 3.08. The highest BCUT2D eigenvalue weighted by Crippen LogP contribution is 2.35. The molecular formula is C11H23O6P. The van der Waals surface area contributed by atoms with E-state index in [1.165, 1.54) is 0 Å². The van der Waals surface area contributed by atoms with Crippen LogP contribution < -0.4 is 0 Å². The van der Waals surface area contributed by atoms with Gasteiger partial charge in [-0.3, -0.25) is 9.32 Å². The van der Waals surface area contributed by atoms with Crippen molar-refractivity contribution in [3.05, 3.63) is 0 Å². The molecule has 0 aliphatic carbocycles. The van der Waals surface area contributed by atoms with Crippen molar-refractivity contribution >= 4 is 13.8 Å². The highest BCUT2D eigenvalue weighted by molar-refractivity contribution is 7.46. The zero-order valence-electron chi connectivity index (χ0n) is 10.6. The van der Waals surface area contributed by atoms with Crippen molar-refractivity contribution in [3.63, 3.8) is 0 Å². The van der Waals surface area contributed by atoms with Crippen LogP contribution in [-0.2, 0) is 13.9 Å². The SMILES string of the molecule is O=C(O)CCCCCCCCCCOP(=O)(O)O. The fraction of sp³-hybridized carbons (Fsp3) is 0.909. The number of carbonyl (C=O) groups is 1. The molecule has 0 aromatic rings. The average molecular weight is 282 g/mol. The van der Waals surface area contributed by atoms with Crippen molar-refractivity contribution in [2.45, 2.75) is 57.8 Å². The molecule has 0 aromatic heterocycles. The second kappa shape index (κ2) is 10.5. The molecule has 0 amide bonds. The Kier molecular flexibility index (Phi) is 10.3. The third-order valence-corrected chi connectivity index (χ3v) is 3.06. The summed E-state index contributed by atoms with van der Waals surface area (Å²) in [5.74, 6) is -0.736. The van der Waals surface area contributed by atoms with Crippen LogP contribution in [0, 0.1) is 0 Å². The Bertz CT molecular complexity index is 262. The van der Waals surface area contributed by atoms with Crippen molar-refractivity contribution in [3.8, 4) is 0 Å². The number of carboxylic acids is 1. The summed E-state index contributed by atoms with van der Waals surface area (Å²) in [5.41, 5.74) is 0. The minimum absolute atomic E-state index is 0.100. The number of rotatable bonds is 12. The summed E-state index contributed by atoms with van der Waals surface area (Å²) in [6, 6.07) is 0. The topological polar surface area (TPSA) is 104 Å². The van der Waals surface area contributed by atoms with Gasteiger partial charge < -0.3 is 14.9 Å². The molecule has 108 valence electrons. The molecule has 6 nitrogen and oxygen atoms in total. The number of aliphatic carboxylic acids is 1.